The van der Waals surface area contributed by atoms with Gasteiger partial charge in [-0.2, -0.15) is 0 Å². The topological polar surface area (TPSA) is 80.9 Å². The van der Waals surface area contributed by atoms with Crippen LogP contribution in [0.2, 0.25) is 0 Å². The van der Waals surface area contributed by atoms with Crippen molar-refractivity contribution in [3.8, 4) is 11.5 Å². The molecule has 36 heavy (non-hydrogen) atoms. The van der Waals surface area contributed by atoms with Crippen LogP contribution in [0.5, 0.6) is 11.5 Å². The molecule has 0 aliphatic heterocycles. The van der Waals surface area contributed by atoms with E-state index in [1.165, 1.54) is 0 Å². The summed E-state index contributed by atoms with van der Waals surface area (Å²) in [5, 5.41) is 52.4. The number of aromatic hydroxyl groups is 2. The Balaban J connectivity index is 1.38. The second-order valence-electron chi connectivity index (χ2n) is 9.87. The van der Waals surface area contributed by atoms with Crippen molar-refractivity contribution in [2.45, 2.75) is 24.0 Å². The average molecular weight is 473 g/mol. The molecule has 0 radical (unpaired) electrons. The van der Waals surface area contributed by atoms with Crippen molar-refractivity contribution in [2.75, 3.05) is 0 Å². The smallest absolute Gasteiger partial charge is 0.119 e. The average Bonchev–Trinajstić information content (AvgIpc) is 2.90. The number of aliphatic hydroxyl groups is 2. The number of benzene rings is 6. The molecule has 0 amide bonds. The van der Waals surface area contributed by atoms with Gasteiger partial charge in [0.05, 0.1) is 12.2 Å². The van der Waals surface area contributed by atoms with Crippen LogP contribution in [0.4, 0.5) is 0 Å². The van der Waals surface area contributed by atoms with Gasteiger partial charge in [-0.15, -0.1) is 0 Å². The first-order valence-corrected chi connectivity index (χ1v) is 12.2. The number of fused-ring (bicyclic) bond motifs is 4. The molecule has 6 aromatic rings. The van der Waals surface area contributed by atoms with Gasteiger partial charge in [0.25, 0.3) is 0 Å². The third-order valence-electron chi connectivity index (χ3n) is 7.95. The van der Waals surface area contributed by atoms with Gasteiger partial charge < -0.3 is 20.4 Å². The van der Waals surface area contributed by atoms with Gasteiger partial charge in [0.1, 0.15) is 11.5 Å². The first-order chi connectivity index (χ1) is 17.5. The molecule has 0 heterocycles. The number of phenolic OH excluding ortho intramolecular Hbond substituents is 2. The van der Waals surface area contributed by atoms with Crippen LogP contribution in [-0.2, 0) is 0 Å². The van der Waals surface area contributed by atoms with Gasteiger partial charge in [-0.3, -0.25) is 0 Å². The minimum Gasteiger partial charge on any atom is -0.508 e. The zero-order chi connectivity index (χ0) is 24.6. The molecule has 4 nitrogen and oxygen atoms in total. The summed E-state index contributed by atoms with van der Waals surface area (Å²) in [4.78, 5) is 0. The third-order valence-corrected chi connectivity index (χ3v) is 7.95. The van der Waals surface area contributed by atoms with Crippen molar-refractivity contribution in [3.63, 3.8) is 0 Å². The van der Waals surface area contributed by atoms with Crippen LogP contribution < -0.4 is 0 Å². The lowest BCUT2D eigenvalue weighted by molar-refractivity contribution is -0.0787. The van der Waals surface area contributed by atoms with Gasteiger partial charge in [-0.05, 0) is 79.5 Å². The van der Waals surface area contributed by atoms with Gasteiger partial charge in [-0.1, -0.05) is 60.7 Å². The molecule has 7 rings (SSSR count). The van der Waals surface area contributed by atoms with E-state index >= 15 is 0 Å². The lowest BCUT2D eigenvalue weighted by Crippen LogP contribution is -2.51. The van der Waals surface area contributed by atoms with E-state index in [2.05, 4.69) is 12.1 Å². The highest BCUT2D eigenvalue weighted by Crippen LogP contribution is 2.55. The Morgan fingerprint density at radius 3 is 1.17 bits per heavy atom. The Hall–Kier alpha value is -4.12. The Morgan fingerprint density at radius 2 is 0.778 bits per heavy atom. The highest BCUT2D eigenvalue weighted by atomic mass is 16.3. The van der Waals surface area contributed by atoms with E-state index < -0.39 is 24.0 Å². The van der Waals surface area contributed by atoms with E-state index in [1.807, 2.05) is 72.8 Å². The van der Waals surface area contributed by atoms with Crippen LogP contribution in [0.1, 0.15) is 23.0 Å². The molecule has 1 saturated carbocycles. The summed E-state index contributed by atoms with van der Waals surface area (Å²) in [5.41, 5.74) is 1.08. The van der Waals surface area contributed by atoms with E-state index in [9.17, 15) is 20.4 Å². The predicted molar refractivity (Wildman–Crippen MR) is 144 cm³/mol. The molecule has 4 heteroatoms. The molecule has 0 aromatic heterocycles. The molecule has 6 aromatic carbocycles. The number of aliphatic hydroxyl groups excluding tert-OH is 2. The number of rotatable bonds is 2. The standard InChI is InChI=1S/C32H24O4/c33-25-11-9-21-13-17-5-1-3-7-19(17)15-23(21)27(25)29-31(35)30(32(29)36)28-24-16-20-8-4-2-6-18(20)14-22(24)10-12-26(28)34/h1-16,29-36H. The van der Waals surface area contributed by atoms with E-state index in [4.69, 9.17) is 0 Å². The van der Waals surface area contributed by atoms with E-state index in [-0.39, 0.29) is 11.5 Å². The summed E-state index contributed by atoms with van der Waals surface area (Å²) < 4.78 is 0. The highest BCUT2D eigenvalue weighted by molar-refractivity contribution is 6.02. The Kier molecular flexibility index (Phi) is 4.53. The normalized spacial score (nSPS) is 21.8. The second-order valence-corrected chi connectivity index (χ2v) is 9.87. The molecule has 1 fully saturated rings. The Morgan fingerprint density at radius 1 is 0.417 bits per heavy atom. The summed E-state index contributed by atoms with van der Waals surface area (Å²) in [6.45, 7) is 0. The van der Waals surface area contributed by atoms with Crippen LogP contribution in [0, 0.1) is 0 Å². The molecule has 0 unspecified atom stereocenters. The van der Waals surface area contributed by atoms with Gasteiger partial charge in [0.2, 0.25) is 0 Å². The summed E-state index contributed by atoms with van der Waals surface area (Å²) >= 11 is 0. The summed E-state index contributed by atoms with van der Waals surface area (Å²) in [6, 6.07) is 31.1. The molecule has 1 aliphatic carbocycles. The van der Waals surface area contributed by atoms with Crippen LogP contribution in [0.25, 0.3) is 43.1 Å². The lowest BCUT2D eigenvalue weighted by Gasteiger charge is -2.47. The maximum absolute atomic E-state index is 11.5. The molecular weight excluding hydrogens is 448 g/mol. The maximum Gasteiger partial charge on any atom is 0.119 e. The van der Waals surface area contributed by atoms with Crippen LogP contribution >= 0.6 is 0 Å². The molecule has 1 aliphatic rings. The van der Waals surface area contributed by atoms with Crippen LogP contribution in [0.3, 0.4) is 0 Å². The number of hydrogen-bond donors (Lipinski definition) is 4. The van der Waals surface area contributed by atoms with E-state index in [0.29, 0.717) is 11.1 Å². The zero-order valence-corrected chi connectivity index (χ0v) is 19.3. The van der Waals surface area contributed by atoms with Gasteiger partial charge >= 0.3 is 0 Å². The second kappa shape index (κ2) is 7.69. The Bertz CT molecular complexity index is 1680. The summed E-state index contributed by atoms with van der Waals surface area (Å²) in [7, 11) is 0. The number of hydrogen-bond acceptors (Lipinski definition) is 4. The minimum atomic E-state index is -0.981. The highest BCUT2D eigenvalue weighted by Gasteiger charge is 2.53. The monoisotopic (exact) mass is 472 g/mol. The third kappa shape index (κ3) is 2.95. The fraction of sp³-hybridized carbons (Fsp3) is 0.125. The van der Waals surface area contributed by atoms with Crippen molar-refractivity contribution in [2.24, 2.45) is 0 Å². The van der Waals surface area contributed by atoms with Crippen molar-refractivity contribution in [1.29, 1.82) is 0 Å². The molecule has 0 bridgehead atoms. The van der Waals surface area contributed by atoms with Gasteiger partial charge in [0.15, 0.2) is 0 Å². The molecular formula is C32H24O4. The molecule has 0 saturated heterocycles. The van der Waals surface area contributed by atoms with Crippen LogP contribution in [0.15, 0.2) is 97.1 Å². The van der Waals surface area contributed by atoms with Crippen molar-refractivity contribution >= 4 is 43.1 Å². The minimum absolute atomic E-state index is 0.0486. The SMILES string of the molecule is Oc1ccc2cc3ccccc3cc2c1C1C(O)C(c2c(O)ccc3cc4ccccc4cc23)C1O. The van der Waals surface area contributed by atoms with E-state index in [1.54, 1.807) is 12.1 Å². The first kappa shape index (κ1) is 21.2. The number of phenols is 2. The van der Waals surface area contributed by atoms with E-state index in [0.717, 1.165) is 43.1 Å². The molecule has 4 N–H and O–H groups in total. The summed E-state index contributed by atoms with van der Waals surface area (Å²) in [5.74, 6) is -1.27. The lowest BCUT2D eigenvalue weighted by atomic mass is 9.61. The van der Waals surface area contributed by atoms with Gasteiger partial charge in [-0.25, -0.2) is 0 Å². The van der Waals surface area contributed by atoms with Crippen molar-refractivity contribution < 1.29 is 20.4 Å². The Labute approximate surface area is 207 Å². The fourth-order valence-electron chi connectivity index (χ4n) is 6.14. The largest absolute Gasteiger partial charge is 0.508 e. The molecule has 0 spiro atoms. The zero-order valence-electron chi connectivity index (χ0n) is 19.3. The van der Waals surface area contributed by atoms with Gasteiger partial charge in [0, 0.05) is 23.0 Å². The predicted octanol–water partition coefficient (Wildman–Crippen LogP) is 6.31. The maximum atomic E-state index is 11.5. The fourth-order valence-corrected chi connectivity index (χ4v) is 6.14. The van der Waals surface area contributed by atoms with Crippen LogP contribution in [-0.4, -0.2) is 32.6 Å². The molecule has 0 atom stereocenters. The first-order valence-electron chi connectivity index (χ1n) is 12.2. The summed E-state index contributed by atoms with van der Waals surface area (Å²) in [6.07, 6.45) is -1.96. The quantitative estimate of drug-likeness (QED) is 0.223. The van der Waals surface area contributed by atoms with Crippen molar-refractivity contribution in [3.05, 3.63) is 108 Å². The van der Waals surface area contributed by atoms with Crippen molar-refractivity contribution in [1.82, 2.24) is 0 Å². The molecule has 176 valence electrons.